The van der Waals surface area contributed by atoms with Gasteiger partial charge in [0.25, 0.3) is 5.91 Å². The van der Waals surface area contributed by atoms with Crippen molar-refractivity contribution >= 4 is 33.3 Å². The summed E-state index contributed by atoms with van der Waals surface area (Å²) >= 11 is 1.13. The summed E-state index contributed by atoms with van der Waals surface area (Å²) in [7, 11) is 1.46. The van der Waals surface area contributed by atoms with Crippen molar-refractivity contribution in [2.75, 3.05) is 7.11 Å². The van der Waals surface area contributed by atoms with E-state index in [1.54, 1.807) is 19.1 Å². The third kappa shape index (κ3) is 3.57. The Morgan fingerprint density at radius 3 is 2.71 bits per heavy atom. The summed E-state index contributed by atoms with van der Waals surface area (Å²) in [5.74, 6) is -2.25. The quantitative estimate of drug-likeness (QED) is 0.800. The molecule has 24 heavy (non-hydrogen) atoms. The topological polar surface area (TPSA) is 75.6 Å². The molecule has 0 aliphatic heterocycles. The van der Waals surface area contributed by atoms with Gasteiger partial charge in [0.15, 0.2) is 0 Å². The molecule has 130 valence electrons. The van der Waals surface area contributed by atoms with E-state index in [0.29, 0.717) is 22.1 Å². The number of carbonyl (C=O) groups excluding carboxylic acids is 1. The van der Waals surface area contributed by atoms with Crippen molar-refractivity contribution in [2.45, 2.75) is 32.9 Å². The Balaban J connectivity index is 2.43. The van der Waals surface area contributed by atoms with Crippen molar-refractivity contribution in [3.05, 3.63) is 34.5 Å². The summed E-state index contributed by atoms with van der Waals surface area (Å²) in [6, 6.07) is 3.64. The van der Waals surface area contributed by atoms with Crippen LogP contribution in [0.3, 0.4) is 0 Å². The van der Waals surface area contributed by atoms with Gasteiger partial charge in [0, 0.05) is 22.8 Å². The summed E-state index contributed by atoms with van der Waals surface area (Å²) in [6.07, 6.45) is 0.614. The van der Waals surface area contributed by atoms with Crippen LogP contribution in [0.1, 0.15) is 35.5 Å². The highest BCUT2D eigenvalue weighted by Gasteiger charge is 2.28. The number of aliphatic carboxylic acids is 1. The van der Waals surface area contributed by atoms with Crippen LogP contribution in [-0.4, -0.2) is 30.1 Å². The van der Waals surface area contributed by atoms with Crippen molar-refractivity contribution in [3.63, 3.8) is 0 Å². The van der Waals surface area contributed by atoms with Gasteiger partial charge in [-0.05, 0) is 18.1 Å². The number of carbonyl (C=O) groups is 2. The lowest BCUT2D eigenvalue weighted by molar-refractivity contribution is -0.140. The number of carboxylic acid groups (broad SMARTS) is 1. The minimum atomic E-state index is -1.08. The first-order valence-corrected chi connectivity index (χ1v) is 8.44. The van der Waals surface area contributed by atoms with E-state index in [1.807, 2.05) is 6.92 Å². The molecule has 2 N–H and O–H groups in total. The van der Waals surface area contributed by atoms with Crippen molar-refractivity contribution in [1.82, 2.24) is 5.32 Å². The zero-order chi connectivity index (χ0) is 17.9. The smallest absolute Gasteiger partial charge is 0.326 e. The number of rotatable bonds is 7. The Morgan fingerprint density at radius 2 is 2.12 bits per heavy atom. The number of methoxy groups -OCH3 is 1. The van der Waals surface area contributed by atoms with Gasteiger partial charge in [-0.2, -0.15) is 0 Å². The second-order valence-electron chi connectivity index (χ2n) is 5.63. The van der Waals surface area contributed by atoms with E-state index in [-0.39, 0.29) is 17.4 Å². The van der Waals surface area contributed by atoms with Crippen LogP contribution in [0.4, 0.5) is 4.39 Å². The Labute approximate surface area is 143 Å². The number of hydrogen-bond donors (Lipinski definition) is 2. The highest BCUT2D eigenvalue weighted by atomic mass is 32.1. The molecule has 0 radical (unpaired) electrons. The van der Waals surface area contributed by atoms with Crippen LogP contribution in [0.15, 0.2) is 18.2 Å². The number of ether oxygens (including phenoxy) is 1. The van der Waals surface area contributed by atoms with Crippen LogP contribution in [0.2, 0.25) is 0 Å². The molecule has 0 aliphatic carbocycles. The van der Waals surface area contributed by atoms with Crippen molar-refractivity contribution < 1.29 is 23.8 Å². The minimum absolute atomic E-state index is 0.0742. The lowest BCUT2D eigenvalue weighted by Gasteiger charge is -2.20. The molecule has 2 unspecified atom stereocenters. The van der Waals surface area contributed by atoms with Gasteiger partial charge in [-0.25, -0.2) is 9.18 Å². The molecule has 0 aliphatic rings. The van der Waals surface area contributed by atoms with Gasteiger partial charge in [-0.15, -0.1) is 11.3 Å². The summed E-state index contributed by atoms with van der Waals surface area (Å²) in [5.41, 5.74) is 0.446. The van der Waals surface area contributed by atoms with Crippen LogP contribution in [-0.2, 0) is 16.1 Å². The fourth-order valence-electron chi connectivity index (χ4n) is 2.52. The number of halogens is 1. The van der Waals surface area contributed by atoms with Crippen LogP contribution in [0.25, 0.3) is 10.1 Å². The predicted octanol–water partition coefficient (Wildman–Crippen LogP) is 3.42. The largest absolute Gasteiger partial charge is 0.480 e. The first-order chi connectivity index (χ1) is 11.4. The number of fused-ring (bicyclic) bond motifs is 1. The molecule has 1 heterocycles. The normalized spacial score (nSPS) is 13.7. The number of hydrogen-bond acceptors (Lipinski definition) is 4. The SMILES string of the molecule is CCC(C)C(NC(=O)c1sc2cccc(F)c2c1COC)C(=O)O. The molecule has 2 atom stereocenters. The first-order valence-electron chi connectivity index (χ1n) is 7.63. The second kappa shape index (κ2) is 7.72. The fraction of sp³-hybridized carbons (Fsp3) is 0.412. The van der Waals surface area contributed by atoms with E-state index in [4.69, 9.17) is 4.74 Å². The first kappa shape index (κ1) is 18.4. The zero-order valence-electron chi connectivity index (χ0n) is 13.8. The van der Waals surface area contributed by atoms with Crippen LogP contribution in [0.5, 0.6) is 0 Å². The fourth-order valence-corrected chi connectivity index (χ4v) is 3.65. The molecule has 0 bridgehead atoms. The molecule has 1 aromatic heterocycles. The molecule has 2 aromatic rings. The minimum Gasteiger partial charge on any atom is -0.480 e. The van der Waals surface area contributed by atoms with Crippen LogP contribution < -0.4 is 5.32 Å². The summed E-state index contributed by atoms with van der Waals surface area (Å²) < 4.78 is 19.9. The molecule has 0 spiro atoms. The molecule has 2 rings (SSSR count). The Morgan fingerprint density at radius 1 is 1.42 bits per heavy atom. The van der Waals surface area contributed by atoms with Crippen molar-refractivity contribution in [2.24, 2.45) is 5.92 Å². The molecule has 1 amide bonds. The van der Waals surface area contributed by atoms with Gasteiger partial charge in [-0.3, -0.25) is 4.79 Å². The van der Waals surface area contributed by atoms with Gasteiger partial charge in [0.2, 0.25) is 0 Å². The van der Waals surface area contributed by atoms with E-state index in [1.165, 1.54) is 13.2 Å². The Bertz CT molecular complexity index is 758. The molecular formula is C17H20FNO4S. The standard InChI is InChI=1S/C17H20FNO4S/c1-4-9(2)14(17(21)22)19-16(20)15-10(8-23-3)13-11(18)6-5-7-12(13)24-15/h5-7,9,14H,4,8H2,1-3H3,(H,19,20)(H,21,22). The molecule has 0 fully saturated rings. The molecule has 0 saturated carbocycles. The highest BCUT2D eigenvalue weighted by molar-refractivity contribution is 7.21. The zero-order valence-corrected chi connectivity index (χ0v) is 14.6. The van der Waals surface area contributed by atoms with E-state index < -0.39 is 23.7 Å². The van der Waals surface area contributed by atoms with E-state index in [9.17, 15) is 19.1 Å². The average Bonchev–Trinajstić information content (AvgIpc) is 2.92. The van der Waals surface area contributed by atoms with E-state index in [0.717, 1.165) is 11.3 Å². The maximum atomic E-state index is 14.1. The van der Waals surface area contributed by atoms with Crippen LogP contribution >= 0.6 is 11.3 Å². The maximum Gasteiger partial charge on any atom is 0.326 e. The lowest BCUT2D eigenvalue weighted by atomic mass is 9.99. The maximum absolute atomic E-state index is 14.1. The third-order valence-electron chi connectivity index (χ3n) is 4.02. The third-order valence-corrected chi connectivity index (χ3v) is 5.22. The van der Waals surface area contributed by atoms with Gasteiger partial charge >= 0.3 is 5.97 Å². The van der Waals surface area contributed by atoms with Gasteiger partial charge < -0.3 is 15.2 Å². The monoisotopic (exact) mass is 353 g/mol. The van der Waals surface area contributed by atoms with Crippen molar-refractivity contribution in [3.8, 4) is 0 Å². The van der Waals surface area contributed by atoms with Crippen molar-refractivity contribution in [1.29, 1.82) is 0 Å². The van der Waals surface area contributed by atoms with Crippen LogP contribution in [0, 0.1) is 11.7 Å². The molecule has 7 heteroatoms. The lowest BCUT2D eigenvalue weighted by Crippen LogP contribution is -2.45. The predicted molar refractivity (Wildman–Crippen MR) is 90.8 cm³/mol. The molecular weight excluding hydrogens is 333 g/mol. The Kier molecular flexibility index (Phi) is 5.90. The summed E-state index contributed by atoms with van der Waals surface area (Å²) in [6.45, 7) is 3.70. The average molecular weight is 353 g/mol. The number of benzene rings is 1. The summed E-state index contributed by atoms with van der Waals surface area (Å²) in [5, 5.41) is 12.2. The van der Waals surface area contributed by atoms with Gasteiger partial charge in [-0.1, -0.05) is 26.3 Å². The molecule has 0 saturated heterocycles. The van der Waals surface area contributed by atoms with E-state index in [2.05, 4.69) is 5.32 Å². The second-order valence-corrected chi connectivity index (χ2v) is 6.68. The number of nitrogens with one attached hydrogen (secondary N) is 1. The highest BCUT2D eigenvalue weighted by Crippen LogP contribution is 2.34. The van der Waals surface area contributed by atoms with Gasteiger partial charge in [0.1, 0.15) is 11.9 Å². The molecule has 5 nitrogen and oxygen atoms in total. The number of carboxylic acids is 1. The number of thiophene rings is 1. The Hall–Kier alpha value is -1.99. The molecule has 1 aromatic carbocycles. The summed E-state index contributed by atoms with van der Waals surface area (Å²) in [4.78, 5) is 24.3. The van der Waals surface area contributed by atoms with Gasteiger partial charge in [0.05, 0.1) is 11.5 Å². The van der Waals surface area contributed by atoms with E-state index >= 15 is 0 Å². The number of amides is 1.